The van der Waals surface area contributed by atoms with Gasteiger partial charge in [-0.2, -0.15) is 9.97 Å². The molecule has 4 N–H and O–H groups in total. The van der Waals surface area contributed by atoms with Crippen molar-refractivity contribution in [2.45, 2.75) is 51.5 Å². The number of para-hydroxylation sites is 1. The maximum absolute atomic E-state index is 12.8. The molecule has 29 heavy (non-hydrogen) atoms. The van der Waals surface area contributed by atoms with Gasteiger partial charge < -0.3 is 20.9 Å². The predicted molar refractivity (Wildman–Crippen MR) is 115 cm³/mol. The van der Waals surface area contributed by atoms with Gasteiger partial charge in [0.1, 0.15) is 5.52 Å². The van der Waals surface area contributed by atoms with Crippen LogP contribution in [0.4, 0.5) is 17.5 Å². The molecule has 0 fully saturated rings. The van der Waals surface area contributed by atoms with E-state index in [0.29, 0.717) is 17.9 Å². The van der Waals surface area contributed by atoms with E-state index in [4.69, 9.17) is 5.73 Å². The van der Waals surface area contributed by atoms with Crippen LogP contribution in [0.1, 0.15) is 44.6 Å². The zero-order valence-corrected chi connectivity index (χ0v) is 16.7. The maximum atomic E-state index is 12.8. The van der Waals surface area contributed by atoms with Crippen LogP contribution >= 0.6 is 0 Å². The van der Waals surface area contributed by atoms with Crippen molar-refractivity contribution in [2.24, 2.45) is 0 Å². The molecule has 1 amide bonds. The van der Waals surface area contributed by atoms with Gasteiger partial charge in [-0.1, -0.05) is 24.6 Å². The number of unbranched alkanes of at least 4 members (excludes halogenated alkanes) is 2. The number of nitrogens with two attached hydrogens (primary N) is 1. The van der Waals surface area contributed by atoms with Gasteiger partial charge in [-0.15, -0.1) is 0 Å². The Kier molecular flexibility index (Phi) is 5.59. The van der Waals surface area contributed by atoms with Gasteiger partial charge in [0.05, 0.1) is 6.33 Å². The molecule has 0 unspecified atom stereocenters. The quantitative estimate of drug-likeness (QED) is 0.531. The van der Waals surface area contributed by atoms with Gasteiger partial charge in [0, 0.05) is 24.7 Å². The van der Waals surface area contributed by atoms with Crippen molar-refractivity contribution < 1.29 is 4.79 Å². The summed E-state index contributed by atoms with van der Waals surface area (Å²) in [6.45, 7) is 2.89. The van der Waals surface area contributed by atoms with E-state index in [9.17, 15) is 4.79 Å². The molecule has 3 aromatic rings. The molecular weight excluding hydrogens is 366 g/mol. The van der Waals surface area contributed by atoms with Crippen molar-refractivity contribution in [3.8, 4) is 0 Å². The van der Waals surface area contributed by atoms with Crippen molar-refractivity contribution >= 4 is 34.5 Å². The summed E-state index contributed by atoms with van der Waals surface area (Å²) in [5, 5.41) is 3.29. The second kappa shape index (κ2) is 8.46. The molecule has 0 radical (unpaired) electrons. The van der Waals surface area contributed by atoms with Gasteiger partial charge >= 0.3 is 0 Å². The van der Waals surface area contributed by atoms with Gasteiger partial charge in [-0.25, -0.2) is 4.98 Å². The fourth-order valence-electron chi connectivity index (χ4n) is 3.95. The lowest BCUT2D eigenvalue weighted by molar-refractivity contribution is -0.119. The number of amides is 1. The molecule has 0 spiro atoms. The summed E-state index contributed by atoms with van der Waals surface area (Å²) in [5.74, 6) is 1.09. The summed E-state index contributed by atoms with van der Waals surface area (Å²) in [5.41, 5.74) is 9.40. The zero-order valence-electron chi connectivity index (χ0n) is 16.7. The van der Waals surface area contributed by atoms with Gasteiger partial charge in [-0.05, 0) is 44.2 Å². The van der Waals surface area contributed by atoms with Crippen molar-refractivity contribution in [3.05, 3.63) is 36.2 Å². The molecule has 0 saturated heterocycles. The van der Waals surface area contributed by atoms with Crippen LogP contribution in [0.2, 0.25) is 0 Å². The Morgan fingerprint density at radius 2 is 2.14 bits per heavy atom. The Balaban J connectivity index is 1.25. The fourth-order valence-corrected chi connectivity index (χ4v) is 3.95. The van der Waals surface area contributed by atoms with Crippen molar-refractivity contribution in [1.29, 1.82) is 0 Å². The fraction of sp³-hybridized carbons (Fsp3) is 0.429. The van der Waals surface area contributed by atoms with E-state index in [-0.39, 0.29) is 17.9 Å². The van der Waals surface area contributed by atoms with Crippen molar-refractivity contribution in [3.63, 3.8) is 0 Å². The number of carbonyl (C=O) groups is 1. The molecule has 2 aromatic heterocycles. The Morgan fingerprint density at radius 3 is 3.03 bits per heavy atom. The van der Waals surface area contributed by atoms with Gasteiger partial charge in [0.2, 0.25) is 11.9 Å². The van der Waals surface area contributed by atoms with Crippen LogP contribution in [0.3, 0.4) is 0 Å². The minimum absolute atomic E-state index is 0.202. The van der Waals surface area contributed by atoms with Crippen LogP contribution in [0, 0.1) is 0 Å². The topological polar surface area (TPSA) is 113 Å². The number of anilines is 3. The van der Waals surface area contributed by atoms with E-state index in [1.807, 2.05) is 17.0 Å². The zero-order chi connectivity index (χ0) is 20.2. The Labute approximate surface area is 169 Å². The molecule has 1 aliphatic heterocycles. The van der Waals surface area contributed by atoms with Crippen LogP contribution in [-0.4, -0.2) is 38.4 Å². The molecule has 1 atom stereocenters. The number of aromatic nitrogens is 4. The number of aryl methyl sites for hydroxylation is 1. The third-order valence-electron chi connectivity index (χ3n) is 5.45. The lowest BCUT2D eigenvalue weighted by Gasteiger charge is -2.35. The number of rotatable bonds is 7. The molecule has 152 valence electrons. The van der Waals surface area contributed by atoms with E-state index < -0.39 is 0 Å². The van der Waals surface area contributed by atoms with Gasteiger partial charge in [0.15, 0.2) is 11.5 Å². The minimum Gasteiger partial charge on any atom is -0.368 e. The number of benzene rings is 1. The third-order valence-corrected chi connectivity index (χ3v) is 5.45. The van der Waals surface area contributed by atoms with Crippen molar-refractivity contribution in [1.82, 2.24) is 19.9 Å². The molecule has 0 saturated carbocycles. The average molecular weight is 393 g/mol. The Bertz CT molecular complexity index is 1000. The molecular formula is C21H27N7O. The molecule has 4 rings (SSSR count). The summed E-state index contributed by atoms with van der Waals surface area (Å²) in [6.07, 6.45) is 7.01. The van der Waals surface area contributed by atoms with E-state index in [0.717, 1.165) is 49.9 Å². The van der Waals surface area contributed by atoms with Crippen LogP contribution < -0.4 is 16.0 Å². The first-order chi connectivity index (χ1) is 14.1. The largest absolute Gasteiger partial charge is 0.368 e. The number of nitrogens with zero attached hydrogens (tertiary/aromatic N) is 4. The number of aromatic amines is 1. The smallest absolute Gasteiger partial charge is 0.227 e. The van der Waals surface area contributed by atoms with Gasteiger partial charge in [0.25, 0.3) is 0 Å². The molecule has 8 heteroatoms. The second-order valence-corrected chi connectivity index (χ2v) is 7.55. The highest BCUT2D eigenvalue weighted by Crippen LogP contribution is 2.31. The number of H-pyrrole nitrogens is 1. The van der Waals surface area contributed by atoms with E-state index in [1.165, 1.54) is 5.56 Å². The van der Waals surface area contributed by atoms with Crippen LogP contribution in [0.25, 0.3) is 11.2 Å². The summed E-state index contributed by atoms with van der Waals surface area (Å²) in [6, 6.07) is 8.52. The van der Waals surface area contributed by atoms with Gasteiger partial charge in [-0.3, -0.25) is 4.79 Å². The minimum atomic E-state index is 0.202. The number of fused-ring (bicyclic) bond motifs is 2. The van der Waals surface area contributed by atoms with Crippen molar-refractivity contribution in [2.75, 3.05) is 22.5 Å². The summed E-state index contributed by atoms with van der Waals surface area (Å²) < 4.78 is 0. The second-order valence-electron chi connectivity index (χ2n) is 7.55. The predicted octanol–water partition coefficient (Wildman–Crippen LogP) is 3.28. The Hall–Kier alpha value is -3.16. The molecule has 3 heterocycles. The first kappa shape index (κ1) is 19.2. The highest BCUT2D eigenvalue weighted by molar-refractivity contribution is 5.95. The van der Waals surface area contributed by atoms with E-state index >= 15 is 0 Å². The van der Waals surface area contributed by atoms with Crippen LogP contribution in [-0.2, 0) is 11.2 Å². The maximum Gasteiger partial charge on any atom is 0.227 e. The first-order valence-electron chi connectivity index (χ1n) is 10.2. The highest BCUT2D eigenvalue weighted by atomic mass is 16.2. The monoisotopic (exact) mass is 393 g/mol. The van der Waals surface area contributed by atoms with Crippen LogP contribution in [0.15, 0.2) is 30.6 Å². The lowest BCUT2D eigenvalue weighted by Crippen LogP contribution is -2.42. The SMILES string of the molecule is C[C@@H]1CCc2ccccc2N1C(=O)CCCCCNc1nc(N)nc2nc[nH]c12. The van der Waals surface area contributed by atoms with E-state index in [1.54, 1.807) is 6.33 Å². The first-order valence-corrected chi connectivity index (χ1v) is 10.2. The highest BCUT2D eigenvalue weighted by Gasteiger charge is 2.27. The number of nitrogens with one attached hydrogen (secondary N) is 2. The molecule has 0 bridgehead atoms. The molecule has 8 nitrogen and oxygen atoms in total. The lowest BCUT2D eigenvalue weighted by atomic mass is 9.96. The number of carbonyl (C=O) groups excluding carboxylic acids is 1. The third kappa shape index (κ3) is 4.16. The summed E-state index contributed by atoms with van der Waals surface area (Å²) in [4.78, 5) is 30.3. The number of nitrogen functional groups attached to an aromatic ring is 1. The standard InChI is InChI=1S/C21H27N7O/c1-14-10-11-15-7-4-5-8-16(15)28(14)17(29)9-3-2-6-12-23-19-18-20(25-13-24-18)27-21(22)26-19/h4-5,7-8,13-14H,2-3,6,9-12H2,1H3,(H4,22,23,24,25,26,27)/t14-/m1/s1. The number of hydrogen-bond acceptors (Lipinski definition) is 6. The molecule has 0 aliphatic carbocycles. The summed E-state index contributed by atoms with van der Waals surface area (Å²) in [7, 11) is 0. The summed E-state index contributed by atoms with van der Waals surface area (Å²) >= 11 is 0. The number of hydrogen-bond donors (Lipinski definition) is 3. The number of imidazole rings is 1. The molecule has 1 aromatic carbocycles. The average Bonchev–Trinajstić information content (AvgIpc) is 3.18. The Morgan fingerprint density at radius 1 is 1.28 bits per heavy atom. The normalized spacial score (nSPS) is 16.0. The van der Waals surface area contributed by atoms with E-state index in [2.05, 4.69) is 44.3 Å². The molecule has 1 aliphatic rings. The van der Waals surface area contributed by atoms with Crippen LogP contribution in [0.5, 0.6) is 0 Å².